The minimum atomic E-state index is 0.00579. The van der Waals surface area contributed by atoms with E-state index in [1.54, 1.807) is 11.3 Å². The Bertz CT molecular complexity index is 798. The summed E-state index contributed by atoms with van der Waals surface area (Å²) in [5.74, 6) is 0.518. The average Bonchev–Trinajstić information content (AvgIpc) is 3.33. The number of carbonyl (C=O) groups excluding carboxylic acids is 1. The third-order valence-corrected chi connectivity index (χ3v) is 5.65. The van der Waals surface area contributed by atoms with Crippen molar-refractivity contribution in [3.63, 3.8) is 0 Å². The summed E-state index contributed by atoms with van der Waals surface area (Å²) in [5.41, 5.74) is 2.45. The first kappa shape index (κ1) is 15.2. The molecule has 0 aliphatic carbocycles. The van der Waals surface area contributed by atoms with Gasteiger partial charge in [0.2, 0.25) is 0 Å². The van der Waals surface area contributed by atoms with Gasteiger partial charge in [0.05, 0.1) is 4.88 Å². The van der Waals surface area contributed by atoms with Gasteiger partial charge < -0.3 is 4.90 Å². The summed E-state index contributed by atoms with van der Waals surface area (Å²) in [4.78, 5) is 16.3. The standard InChI is InChI=1S/C21H19NOS/c23-21(20-12-7-13-24-20)19-15-22(17-10-5-2-6-11-17)14-18(19)16-8-3-1-4-9-16/h1-13,18-19H,14-15H2/t18-,19+/m0/s1. The fourth-order valence-electron chi connectivity index (χ4n) is 3.56. The Morgan fingerprint density at radius 1 is 0.875 bits per heavy atom. The molecule has 2 heterocycles. The molecule has 0 N–H and O–H groups in total. The van der Waals surface area contributed by atoms with E-state index in [0.717, 1.165) is 18.0 Å². The van der Waals surface area contributed by atoms with Crippen LogP contribution in [0.2, 0.25) is 0 Å². The van der Waals surface area contributed by atoms with Crippen molar-refractivity contribution in [2.45, 2.75) is 5.92 Å². The van der Waals surface area contributed by atoms with E-state index < -0.39 is 0 Å². The van der Waals surface area contributed by atoms with Crippen LogP contribution in [0.3, 0.4) is 0 Å². The number of para-hydroxylation sites is 1. The predicted molar refractivity (Wildman–Crippen MR) is 100.0 cm³/mol. The van der Waals surface area contributed by atoms with Crippen LogP contribution in [-0.4, -0.2) is 18.9 Å². The summed E-state index contributed by atoms with van der Waals surface area (Å²) in [5, 5.41) is 1.98. The smallest absolute Gasteiger partial charge is 0.178 e. The Morgan fingerprint density at radius 3 is 2.25 bits per heavy atom. The van der Waals surface area contributed by atoms with Gasteiger partial charge in [0.1, 0.15) is 0 Å². The van der Waals surface area contributed by atoms with Gasteiger partial charge in [-0.25, -0.2) is 0 Å². The molecule has 4 rings (SSSR count). The predicted octanol–water partition coefficient (Wildman–Crippen LogP) is 4.85. The molecular formula is C21H19NOS. The molecule has 2 nitrogen and oxygen atoms in total. The van der Waals surface area contributed by atoms with Crippen LogP contribution in [-0.2, 0) is 0 Å². The molecule has 2 aromatic carbocycles. The van der Waals surface area contributed by atoms with Crippen molar-refractivity contribution in [3.8, 4) is 0 Å². The number of anilines is 1. The third-order valence-electron chi connectivity index (χ3n) is 4.77. The van der Waals surface area contributed by atoms with Crippen molar-refractivity contribution in [1.29, 1.82) is 0 Å². The second-order valence-corrected chi connectivity index (χ2v) is 7.15. The van der Waals surface area contributed by atoms with Gasteiger partial charge >= 0.3 is 0 Å². The highest BCUT2D eigenvalue weighted by molar-refractivity contribution is 7.12. The Labute approximate surface area is 146 Å². The lowest BCUT2D eigenvalue weighted by molar-refractivity contribution is 0.0925. The maximum Gasteiger partial charge on any atom is 0.178 e. The Balaban J connectivity index is 1.67. The summed E-state index contributed by atoms with van der Waals surface area (Å²) in [7, 11) is 0. The Kier molecular flexibility index (Phi) is 4.18. The molecule has 1 fully saturated rings. The number of nitrogens with zero attached hydrogens (tertiary/aromatic N) is 1. The summed E-state index contributed by atoms with van der Waals surface area (Å²) < 4.78 is 0. The molecule has 0 spiro atoms. The van der Waals surface area contributed by atoms with Gasteiger partial charge in [-0.3, -0.25) is 4.79 Å². The highest BCUT2D eigenvalue weighted by Gasteiger charge is 2.39. The van der Waals surface area contributed by atoms with Crippen molar-refractivity contribution in [3.05, 3.63) is 88.6 Å². The van der Waals surface area contributed by atoms with E-state index in [4.69, 9.17) is 0 Å². The number of hydrogen-bond acceptors (Lipinski definition) is 3. The fourth-order valence-corrected chi connectivity index (χ4v) is 4.29. The molecule has 0 radical (unpaired) electrons. The van der Waals surface area contributed by atoms with Gasteiger partial charge in [-0.1, -0.05) is 54.6 Å². The van der Waals surface area contributed by atoms with E-state index in [2.05, 4.69) is 53.4 Å². The molecule has 3 aromatic rings. The number of ketones is 1. The maximum atomic E-state index is 13.1. The number of rotatable bonds is 4. The van der Waals surface area contributed by atoms with Crippen molar-refractivity contribution < 1.29 is 4.79 Å². The van der Waals surface area contributed by atoms with Crippen LogP contribution in [0.1, 0.15) is 21.2 Å². The highest BCUT2D eigenvalue weighted by atomic mass is 32.1. The highest BCUT2D eigenvalue weighted by Crippen LogP contribution is 2.37. The molecule has 3 heteroatoms. The van der Waals surface area contributed by atoms with E-state index in [-0.39, 0.29) is 17.6 Å². The second kappa shape index (κ2) is 6.62. The van der Waals surface area contributed by atoms with Crippen LogP contribution in [0.4, 0.5) is 5.69 Å². The van der Waals surface area contributed by atoms with E-state index in [0.29, 0.717) is 0 Å². The number of hydrogen-bond donors (Lipinski definition) is 0. The molecule has 2 atom stereocenters. The topological polar surface area (TPSA) is 20.3 Å². The Morgan fingerprint density at radius 2 is 1.58 bits per heavy atom. The van der Waals surface area contributed by atoms with Crippen LogP contribution in [0, 0.1) is 5.92 Å². The van der Waals surface area contributed by atoms with E-state index in [1.807, 2.05) is 29.6 Å². The lowest BCUT2D eigenvalue weighted by Gasteiger charge is -2.18. The maximum absolute atomic E-state index is 13.1. The van der Waals surface area contributed by atoms with Crippen molar-refractivity contribution in [1.82, 2.24) is 0 Å². The molecule has 24 heavy (non-hydrogen) atoms. The van der Waals surface area contributed by atoms with Gasteiger partial charge in [0, 0.05) is 30.6 Å². The monoisotopic (exact) mass is 333 g/mol. The molecule has 1 aromatic heterocycles. The van der Waals surface area contributed by atoms with Gasteiger partial charge in [-0.2, -0.15) is 0 Å². The molecule has 120 valence electrons. The number of thiophene rings is 1. The summed E-state index contributed by atoms with van der Waals surface area (Å²) in [6.45, 7) is 1.66. The van der Waals surface area contributed by atoms with Gasteiger partial charge in [0.25, 0.3) is 0 Å². The number of benzene rings is 2. The SMILES string of the molecule is O=C(c1cccs1)[C@@H]1CN(c2ccccc2)C[C@H]1c1ccccc1. The Hall–Kier alpha value is -2.39. The minimum absolute atomic E-state index is 0.00579. The first-order valence-electron chi connectivity index (χ1n) is 8.25. The van der Waals surface area contributed by atoms with Crippen LogP contribution in [0.15, 0.2) is 78.2 Å². The van der Waals surface area contributed by atoms with Crippen LogP contribution in [0.5, 0.6) is 0 Å². The molecule has 1 saturated heterocycles. The van der Waals surface area contributed by atoms with E-state index >= 15 is 0 Å². The molecule has 0 unspecified atom stereocenters. The lowest BCUT2D eigenvalue weighted by atomic mass is 9.86. The fraction of sp³-hybridized carbons (Fsp3) is 0.190. The van der Waals surface area contributed by atoms with Gasteiger partial charge in [-0.15, -0.1) is 11.3 Å². The molecule has 0 bridgehead atoms. The summed E-state index contributed by atoms with van der Waals surface area (Å²) >= 11 is 1.54. The van der Waals surface area contributed by atoms with Crippen molar-refractivity contribution in [2.24, 2.45) is 5.92 Å². The molecule has 1 aliphatic heterocycles. The van der Waals surface area contributed by atoms with E-state index in [1.165, 1.54) is 11.3 Å². The summed E-state index contributed by atoms with van der Waals surface area (Å²) in [6.07, 6.45) is 0. The first-order chi connectivity index (χ1) is 11.8. The lowest BCUT2D eigenvalue weighted by Crippen LogP contribution is -2.23. The van der Waals surface area contributed by atoms with Crippen LogP contribution < -0.4 is 4.90 Å². The quantitative estimate of drug-likeness (QED) is 0.636. The zero-order valence-electron chi connectivity index (χ0n) is 13.3. The molecule has 0 saturated carbocycles. The largest absolute Gasteiger partial charge is 0.370 e. The summed E-state index contributed by atoms with van der Waals surface area (Å²) in [6, 6.07) is 24.7. The minimum Gasteiger partial charge on any atom is -0.370 e. The molecule has 0 amide bonds. The van der Waals surface area contributed by atoms with Gasteiger partial charge in [0.15, 0.2) is 5.78 Å². The number of carbonyl (C=O) groups is 1. The van der Waals surface area contributed by atoms with Crippen LogP contribution >= 0.6 is 11.3 Å². The molecular weight excluding hydrogens is 314 g/mol. The molecule has 1 aliphatic rings. The van der Waals surface area contributed by atoms with E-state index in [9.17, 15) is 4.79 Å². The first-order valence-corrected chi connectivity index (χ1v) is 9.13. The van der Waals surface area contributed by atoms with Crippen molar-refractivity contribution >= 4 is 22.8 Å². The number of Topliss-reactive ketones (excluding diaryl/α,β-unsaturated/α-hetero) is 1. The third kappa shape index (κ3) is 2.87. The zero-order chi connectivity index (χ0) is 16.4. The van der Waals surface area contributed by atoms with Gasteiger partial charge in [-0.05, 0) is 29.1 Å². The normalized spacial score (nSPS) is 20.2. The zero-order valence-corrected chi connectivity index (χ0v) is 14.2. The van der Waals surface area contributed by atoms with Crippen molar-refractivity contribution in [2.75, 3.05) is 18.0 Å². The second-order valence-electron chi connectivity index (χ2n) is 6.21. The van der Waals surface area contributed by atoms with Crippen LogP contribution in [0.25, 0.3) is 0 Å². The average molecular weight is 333 g/mol.